The highest BCUT2D eigenvalue weighted by molar-refractivity contribution is 6.07. The van der Waals surface area contributed by atoms with Crippen molar-refractivity contribution in [2.45, 2.75) is 0 Å². The Morgan fingerprint density at radius 1 is 1.13 bits per heavy atom. The van der Waals surface area contributed by atoms with Gasteiger partial charge in [-0.25, -0.2) is 4.98 Å². The lowest BCUT2D eigenvalue weighted by Crippen LogP contribution is -1.85. The van der Waals surface area contributed by atoms with Crippen molar-refractivity contribution in [1.29, 1.82) is 0 Å². The van der Waals surface area contributed by atoms with Gasteiger partial charge >= 0.3 is 0 Å². The molecule has 0 fully saturated rings. The zero-order chi connectivity index (χ0) is 10.3. The van der Waals surface area contributed by atoms with Crippen LogP contribution in [0.25, 0.3) is 21.8 Å². The van der Waals surface area contributed by atoms with Crippen LogP contribution in [0.1, 0.15) is 0 Å². The quantitative estimate of drug-likeness (QED) is 0.652. The molecule has 3 heteroatoms. The van der Waals surface area contributed by atoms with E-state index in [1.807, 2.05) is 18.2 Å². The third-order valence-electron chi connectivity index (χ3n) is 2.57. The number of rotatable bonds is 1. The lowest BCUT2D eigenvalue weighted by molar-refractivity contribution is 0.399. The van der Waals surface area contributed by atoms with Gasteiger partial charge in [0.15, 0.2) is 0 Å². The molecule has 0 aliphatic carbocycles. The van der Waals surface area contributed by atoms with Gasteiger partial charge in [-0.1, -0.05) is 18.2 Å². The summed E-state index contributed by atoms with van der Waals surface area (Å²) in [6, 6.07) is 10.1. The van der Waals surface area contributed by atoms with E-state index in [4.69, 9.17) is 4.74 Å². The van der Waals surface area contributed by atoms with Gasteiger partial charge in [0.05, 0.1) is 18.8 Å². The van der Waals surface area contributed by atoms with E-state index in [-0.39, 0.29) is 0 Å². The molecule has 3 nitrogen and oxygen atoms in total. The van der Waals surface area contributed by atoms with E-state index < -0.39 is 0 Å². The fourth-order valence-corrected chi connectivity index (χ4v) is 1.84. The average molecular weight is 198 g/mol. The summed E-state index contributed by atoms with van der Waals surface area (Å²) >= 11 is 0. The van der Waals surface area contributed by atoms with Crippen LogP contribution in [-0.4, -0.2) is 17.1 Å². The Morgan fingerprint density at radius 2 is 2.00 bits per heavy atom. The topological polar surface area (TPSA) is 37.9 Å². The molecule has 1 aromatic carbocycles. The van der Waals surface area contributed by atoms with Crippen LogP contribution in [-0.2, 0) is 0 Å². The predicted molar refractivity (Wildman–Crippen MR) is 60.2 cm³/mol. The van der Waals surface area contributed by atoms with Gasteiger partial charge in [0, 0.05) is 22.4 Å². The number of hydrogen-bond acceptors (Lipinski definition) is 2. The lowest BCUT2D eigenvalue weighted by Gasteiger charge is -1.97. The molecular formula is C12H10N2O. The van der Waals surface area contributed by atoms with Crippen LogP contribution >= 0.6 is 0 Å². The number of fused-ring (bicyclic) bond motifs is 3. The van der Waals surface area contributed by atoms with Gasteiger partial charge in [0.1, 0.15) is 0 Å². The molecule has 3 aromatic rings. The summed E-state index contributed by atoms with van der Waals surface area (Å²) in [5, 5.41) is 2.35. The largest absolute Gasteiger partial charge is 0.481 e. The summed E-state index contributed by atoms with van der Waals surface area (Å²) in [5.74, 6) is 0.646. The monoisotopic (exact) mass is 198 g/mol. The van der Waals surface area contributed by atoms with Crippen molar-refractivity contribution < 1.29 is 4.74 Å². The van der Waals surface area contributed by atoms with Gasteiger partial charge in [-0.05, 0) is 6.07 Å². The van der Waals surface area contributed by atoms with E-state index >= 15 is 0 Å². The van der Waals surface area contributed by atoms with Gasteiger partial charge in [0.2, 0.25) is 5.88 Å². The fourth-order valence-electron chi connectivity index (χ4n) is 1.84. The highest BCUT2D eigenvalue weighted by Gasteiger charge is 2.04. The number of H-pyrrole nitrogens is 1. The van der Waals surface area contributed by atoms with Crippen LogP contribution < -0.4 is 4.74 Å². The van der Waals surface area contributed by atoms with Crippen molar-refractivity contribution in [3.8, 4) is 5.88 Å². The molecular weight excluding hydrogens is 188 g/mol. The lowest BCUT2D eigenvalue weighted by atomic mass is 10.2. The molecule has 0 unspecified atom stereocenters. The Morgan fingerprint density at radius 3 is 2.87 bits per heavy atom. The molecule has 0 saturated heterocycles. The second-order valence-corrected chi connectivity index (χ2v) is 3.44. The van der Waals surface area contributed by atoms with Crippen LogP contribution in [0.3, 0.4) is 0 Å². The van der Waals surface area contributed by atoms with Gasteiger partial charge in [-0.2, -0.15) is 0 Å². The van der Waals surface area contributed by atoms with E-state index in [2.05, 4.69) is 22.1 Å². The number of pyridine rings is 1. The Labute approximate surface area is 86.7 Å². The predicted octanol–water partition coefficient (Wildman–Crippen LogP) is 2.72. The highest BCUT2D eigenvalue weighted by Crippen LogP contribution is 2.26. The van der Waals surface area contributed by atoms with Crippen molar-refractivity contribution in [3.63, 3.8) is 0 Å². The van der Waals surface area contributed by atoms with Crippen LogP contribution in [0, 0.1) is 0 Å². The summed E-state index contributed by atoms with van der Waals surface area (Å²) in [7, 11) is 1.63. The first-order chi connectivity index (χ1) is 7.38. The molecule has 2 heterocycles. The Hall–Kier alpha value is -2.03. The number of hydrogen-bond donors (Lipinski definition) is 1. The summed E-state index contributed by atoms with van der Waals surface area (Å²) in [4.78, 5) is 7.48. The SMILES string of the molecule is COc1cc2c(cn1)[nH]c1ccccc12. The molecule has 0 bridgehead atoms. The molecule has 0 aliphatic heterocycles. The zero-order valence-electron chi connectivity index (χ0n) is 8.32. The van der Waals surface area contributed by atoms with Crippen molar-refractivity contribution in [3.05, 3.63) is 36.5 Å². The molecule has 0 spiro atoms. The third-order valence-corrected chi connectivity index (χ3v) is 2.57. The van der Waals surface area contributed by atoms with E-state index in [0.717, 1.165) is 16.4 Å². The van der Waals surface area contributed by atoms with E-state index in [1.165, 1.54) is 5.39 Å². The first-order valence-electron chi connectivity index (χ1n) is 4.79. The summed E-state index contributed by atoms with van der Waals surface area (Å²) in [5.41, 5.74) is 2.17. The number of methoxy groups -OCH3 is 1. The summed E-state index contributed by atoms with van der Waals surface area (Å²) < 4.78 is 5.12. The van der Waals surface area contributed by atoms with Crippen LogP contribution in [0.2, 0.25) is 0 Å². The van der Waals surface area contributed by atoms with Gasteiger partial charge in [-0.15, -0.1) is 0 Å². The molecule has 0 amide bonds. The summed E-state index contributed by atoms with van der Waals surface area (Å²) in [6.45, 7) is 0. The summed E-state index contributed by atoms with van der Waals surface area (Å²) in [6.07, 6.45) is 1.80. The Kier molecular flexibility index (Phi) is 1.65. The number of benzene rings is 1. The maximum absolute atomic E-state index is 5.12. The van der Waals surface area contributed by atoms with Crippen LogP contribution in [0.5, 0.6) is 5.88 Å². The Bertz CT molecular complexity index is 628. The molecule has 2 aromatic heterocycles. The van der Waals surface area contributed by atoms with Crippen molar-refractivity contribution in [1.82, 2.24) is 9.97 Å². The number of para-hydroxylation sites is 1. The smallest absolute Gasteiger partial charge is 0.213 e. The standard InChI is InChI=1S/C12H10N2O/c1-15-12-6-9-8-4-2-3-5-10(8)14-11(9)7-13-12/h2-7,14H,1H3. The van der Waals surface area contributed by atoms with Crippen molar-refractivity contribution in [2.75, 3.05) is 7.11 Å². The minimum absolute atomic E-state index is 0.646. The zero-order valence-corrected chi connectivity index (χ0v) is 8.32. The maximum atomic E-state index is 5.12. The maximum Gasteiger partial charge on any atom is 0.213 e. The molecule has 0 radical (unpaired) electrons. The van der Waals surface area contributed by atoms with Gasteiger partial charge in [-0.3, -0.25) is 0 Å². The van der Waals surface area contributed by atoms with E-state index in [9.17, 15) is 0 Å². The molecule has 3 rings (SSSR count). The van der Waals surface area contributed by atoms with Crippen LogP contribution in [0.15, 0.2) is 36.5 Å². The van der Waals surface area contributed by atoms with Crippen LogP contribution in [0.4, 0.5) is 0 Å². The number of aromatic nitrogens is 2. The van der Waals surface area contributed by atoms with Crippen molar-refractivity contribution in [2.24, 2.45) is 0 Å². The first kappa shape index (κ1) is 8.29. The number of nitrogens with zero attached hydrogens (tertiary/aromatic N) is 1. The molecule has 0 aliphatic rings. The molecule has 15 heavy (non-hydrogen) atoms. The first-order valence-corrected chi connectivity index (χ1v) is 4.79. The second-order valence-electron chi connectivity index (χ2n) is 3.44. The Balaban J connectivity index is 2.46. The van der Waals surface area contributed by atoms with Crippen molar-refractivity contribution >= 4 is 21.8 Å². The third kappa shape index (κ3) is 1.16. The average Bonchev–Trinajstić information content (AvgIpc) is 2.66. The minimum atomic E-state index is 0.646. The highest BCUT2D eigenvalue weighted by atomic mass is 16.5. The minimum Gasteiger partial charge on any atom is -0.481 e. The number of aromatic amines is 1. The van der Waals surface area contributed by atoms with Gasteiger partial charge < -0.3 is 9.72 Å². The molecule has 74 valence electrons. The van der Waals surface area contributed by atoms with Gasteiger partial charge in [0.25, 0.3) is 0 Å². The second kappa shape index (κ2) is 2.98. The van der Waals surface area contributed by atoms with E-state index in [0.29, 0.717) is 5.88 Å². The molecule has 1 N–H and O–H groups in total. The fraction of sp³-hybridized carbons (Fsp3) is 0.0833. The van der Waals surface area contributed by atoms with E-state index in [1.54, 1.807) is 13.3 Å². The number of ether oxygens (including phenoxy) is 1. The number of nitrogens with one attached hydrogen (secondary N) is 1. The normalized spacial score (nSPS) is 11.0. The molecule has 0 atom stereocenters. The molecule has 0 saturated carbocycles.